The quantitative estimate of drug-likeness (QED) is 0.272. The van der Waals surface area contributed by atoms with Crippen LogP contribution in [0, 0.1) is 5.41 Å². The van der Waals surface area contributed by atoms with Crippen molar-refractivity contribution in [1.82, 2.24) is 10.6 Å². The Morgan fingerprint density at radius 2 is 1.42 bits per heavy atom. The Morgan fingerprint density at radius 3 is 2.00 bits per heavy atom. The van der Waals surface area contributed by atoms with E-state index >= 15 is 0 Å². The zero-order valence-electron chi connectivity index (χ0n) is 17.0. The minimum Gasteiger partial charge on any atom is -0.384 e. The summed E-state index contributed by atoms with van der Waals surface area (Å²) in [7, 11) is 0. The molecule has 31 heavy (non-hydrogen) atoms. The van der Waals surface area contributed by atoms with Crippen LogP contribution in [-0.2, 0) is 9.59 Å². The van der Waals surface area contributed by atoms with Crippen LogP contribution in [0.1, 0.15) is 22.7 Å². The van der Waals surface area contributed by atoms with Crippen molar-refractivity contribution in [3.8, 4) is 0 Å². The van der Waals surface area contributed by atoms with Gasteiger partial charge in [0.2, 0.25) is 11.8 Å². The van der Waals surface area contributed by atoms with E-state index in [1.807, 2.05) is 60.7 Å². The lowest BCUT2D eigenvalue weighted by Gasteiger charge is -2.20. The average molecular weight is 415 g/mol. The van der Waals surface area contributed by atoms with Crippen LogP contribution in [0.5, 0.6) is 0 Å². The lowest BCUT2D eigenvalue weighted by atomic mass is 9.99. The van der Waals surface area contributed by atoms with Crippen LogP contribution in [0.4, 0.5) is 5.69 Å². The first-order valence-corrected chi connectivity index (χ1v) is 9.87. The molecule has 0 saturated heterocycles. The van der Waals surface area contributed by atoms with Gasteiger partial charge in [-0.05, 0) is 23.3 Å². The highest BCUT2D eigenvalue weighted by molar-refractivity contribution is 5.96. The van der Waals surface area contributed by atoms with Crippen molar-refractivity contribution in [3.63, 3.8) is 0 Å². The molecule has 0 spiro atoms. The lowest BCUT2D eigenvalue weighted by molar-refractivity contribution is -0.125. The second-order valence-corrected chi connectivity index (χ2v) is 6.95. The molecule has 0 bridgehead atoms. The van der Waals surface area contributed by atoms with Crippen molar-refractivity contribution in [2.45, 2.75) is 6.04 Å². The van der Waals surface area contributed by atoms with Gasteiger partial charge in [-0.3, -0.25) is 15.0 Å². The molecule has 7 nitrogen and oxygen atoms in total. The average Bonchev–Trinajstić information content (AvgIpc) is 2.81. The summed E-state index contributed by atoms with van der Waals surface area (Å²) in [6, 6.07) is 26.0. The van der Waals surface area contributed by atoms with E-state index in [0.29, 0.717) is 11.3 Å². The van der Waals surface area contributed by atoms with E-state index in [2.05, 4.69) is 16.0 Å². The van der Waals surface area contributed by atoms with E-state index in [1.54, 1.807) is 24.3 Å². The Kier molecular flexibility index (Phi) is 7.37. The number of amides is 2. The van der Waals surface area contributed by atoms with Gasteiger partial charge in [0.25, 0.3) is 0 Å². The number of hydrogen-bond acceptors (Lipinski definition) is 4. The third-order valence-electron chi connectivity index (χ3n) is 4.64. The molecule has 6 N–H and O–H groups in total. The van der Waals surface area contributed by atoms with E-state index in [9.17, 15) is 9.59 Å². The molecule has 3 aromatic carbocycles. The molecule has 0 aliphatic rings. The SMILES string of the molecule is N=C(N)c1cccc(NCC(=O)NCC(=O)NC(c2ccccc2)c2ccccc2)c1. The molecular weight excluding hydrogens is 390 g/mol. The van der Waals surface area contributed by atoms with E-state index in [-0.39, 0.29) is 36.8 Å². The lowest BCUT2D eigenvalue weighted by Crippen LogP contribution is -2.40. The first-order valence-electron chi connectivity index (χ1n) is 9.87. The monoisotopic (exact) mass is 415 g/mol. The van der Waals surface area contributed by atoms with E-state index in [0.717, 1.165) is 11.1 Å². The molecule has 0 aliphatic carbocycles. The van der Waals surface area contributed by atoms with Gasteiger partial charge in [0.1, 0.15) is 5.84 Å². The predicted octanol–water partition coefficient (Wildman–Crippen LogP) is 2.40. The molecule has 0 fully saturated rings. The van der Waals surface area contributed by atoms with E-state index in [1.165, 1.54) is 0 Å². The molecule has 3 rings (SSSR count). The summed E-state index contributed by atoms with van der Waals surface area (Å²) in [6.45, 7) is -0.139. The minimum absolute atomic E-state index is 0.00453. The predicted molar refractivity (Wildman–Crippen MR) is 122 cm³/mol. The van der Waals surface area contributed by atoms with Crippen LogP contribution in [0.3, 0.4) is 0 Å². The number of benzene rings is 3. The second kappa shape index (κ2) is 10.6. The number of anilines is 1. The minimum atomic E-state index is -0.320. The van der Waals surface area contributed by atoms with Gasteiger partial charge in [0.05, 0.1) is 19.1 Å². The van der Waals surface area contributed by atoms with Gasteiger partial charge in [0, 0.05) is 11.3 Å². The Labute approximate surface area is 181 Å². The van der Waals surface area contributed by atoms with Crippen molar-refractivity contribution in [3.05, 3.63) is 102 Å². The molecule has 0 saturated carbocycles. The summed E-state index contributed by atoms with van der Waals surface area (Å²) < 4.78 is 0. The van der Waals surface area contributed by atoms with Crippen LogP contribution in [0.25, 0.3) is 0 Å². The van der Waals surface area contributed by atoms with E-state index < -0.39 is 0 Å². The van der Waals surface area contributed by atoms with Crippen molar-refractivity contribution in [2.75, 3.05) is 18.4 Å². The molecule has 7 heteroatoms. The van der Waals surface area contributed by atoms with Crippen LogP contribution < -0.4 is 21.7 Å². The highest BCUT2D eigenvalue weighted by Crippen LogP contribution is 2.21. The first-order chi connectivity index (χ1) is 15.0. The molecule has 3 aromatic rings. The number of hydrogen-bond donors (Lipinski definition) is 5. The largest absolute Gasteiger partial charge is 0.384 e. The Balaban J connectivity index is 1.54. The number of nitrogens with two attached hydrogens (primary N) is 1. The summed E-state index contributed by atoms with van der Waals surface area (Å²) in [6.07, 6.45) is 0. The number of amidine groups is 1. The Bertz CT molecular complexity index is 999. The normalized spacial score (nSPS) is 10.4. The van der Waals surface area contributed by atoms with Crippen LogP contribution in [0.2, 0.25) is 0 Å². The molecular formula is C24H25N5O2. The highest BCUT2D eigenvalue weighted by atomic mass is 16.2. The van der Waals surface area contributed by atoms with Crippen LogP contribution in [0.15, 0.2) is 84.9 Å². The van der Waals surface area contributed by atoms with Gasteiger partial charge in [-0.1, -0.05) is 72.8 Å². The van der Waals surface area contributed by atoms with Gasteiger partial charge < -0.3 is 21.7 Å². The van der Waals surface area contributed by atoms with Crippen molar-refractivity contribution in [1.29, 1.82) is 5.41 Å². The van der Waals surface area contributed by atoms with Crippen molar-refractivity contribution in [2.24, 2.45) is 5.73 Å². The molecule has 0 atom stereocenters. The zero-order chi connectivity index (χ0) is 22.1. The molecule has 0 radical (unpaired) electrons. The summed E-state index contributed by atoms with van der Waals surface area (Å²) in [5.74, 6) is -0.653. The fourth-order valence-electron chi connectivity index (χ4n) is 3.08. The summed E-state index contributed by atoms with van der Waals surface area (Å²) in [4.78, 5) is 24.7. The standard InChI is InChI=1S/C24H25N5O2/c25-24(26)19-12-7-13-20(14-19)27-15-21(30)28-16-22(31)29-23(17-8-3-1-4-9-17)18-10-5-2-6-11-18/h1-14,23,27H,15-16H2,(H3,25,26)(H,28,30)(H,29,31). The van der Waals surface area contributed by atoms with Crippen molar-refractivity contribution < 1.29 is 9.59 Å². The zero-order valence-corrected chi connectivity index (χ0v) is 17.0. The number of rotatable bonds is 9. The third kappa shape index (κ3) is 6.43. The second-order valence-electron chi connectivity index (χ2n) is 6.95. The molecule has 0 heterocycles. The van der Waals surface area contributed by atoms with Crippen molar-refractivity contribution >= 4 is 23.3 Å². The fraction of sp³-hybridized carbons (Fsp3) is 0.125. The number of nitrogens with one attached hydrogen (secondary N) is 4. The maximum atomic E-state index is 12.5. The van der Waals surface area contributed by atoms with Gasteiger partial charge in [0.15, 0.2) is 0 Å². The number of carbonyl (C=O) groups is 2. The first kappa shape index (κ1) is 21.6. The van der Waals surface area contributed by atoms with Gasteiger partial charge in [-0.15, -0.1) is 0 Å². The maximum Gasteiger partial charge on any atom is 0.240 e. The van der Waals surface area contributed by atoms with Gasteiger partial charge in [-0.25, -0.2) is 0 Å². The summed E-state index contributed by atoms with van der Waals surface area (Å²) >= 11 is 0. The molecule has 0 unspecified atom stereocenters. The molecule has 158 valence electrons. The van der Waals surface area contributed by atoms with Gasteiger partial charge >= 0.3 is 0 Å². The Morgan fingerprint density at radius 1 is 0.806 bits per heavy atom. The number of carbonyl (C=O) groups excluding carboxylic acids is 2. The maximum absolute atomic E-state index is 12.5. The number of nitrogen functional groups attached to an aromatic ring is 1. The van der Waals surface area contributed by atoms with Crippen LogP contribution >= 0.6 is 0 Å². The molecule has 2 amide bonds. The summed E-state index contributed by atoms with van der Waals surface area (Å²) in [5, 5.41) is 16.0. The highest BCUT2D eigenvalue weighted by Gasteiger charge is 2.16. The smallest absolute Gasteiger partial charge is 0.240 e. The third-order valence-corrected chi connectivity index (χ3v) is 4.64. The topological polar surface area (TPSA) is 120 Å². The Hall–Kier alpha value is -4.13. The van der Waals surface area contributed by atoms with Gasteiger partial charge in [-0.2, -0.15) is 0 Å². The summed E-state index contributed by atoms with van der Waals surface area (Å²) in [5.41, 5.74) is 8.63. The molecule has 0 aromatic heterocycles. The van der Waals surface area contributed by atoms with Crippen LogP contribution in [-0.4, -0.2) is 30.7 Å². The van der Waals surface area contributed by atoms with E-state index in [4.69, 9.17) is 11.1 Å². The molecule has 0 aliphatic heterocycles. The fourth-order valence-corrected chi connectivity index (χ4v) is 3.08.